The van der Waals surface area contributed by atoms with E-state index >= 15 is 0 Å². The number of nitrogens with one attached hydrogen (secondary N) is 1. The number of fused-ring (bicyclic) bond motifs is 1. The Morgan fingerprint density at radius 2 is 2.11 bits per heavy atom. The van der Waals surface area contributed by atoms with Crippen LogP contribution in [-0.4, -0.2) is 38.9 Å². The number of aromatic nitrogens is 2. The van der Waals surface area contributed by atoms with Crippen LogP contribution in [0.4, 0.5) is 0 Å². The fraction of sp³-hybridized carbons (Fsp3) is 0.308. The van der Waals surface area contributed by atoms with Gasteiger partial charge in [-0.3, -0.25) is 0 Å². The maximum absolute atomic E-state index is 11.9. The minimum atomic E-state index is -0.154. The molecule has 0 spiro atoms. The number of amides is 1. The molecule has 6 heteroatoms. The molecule has 1 aromatic heterocycles. The van der Waals surface area contributed by atoms with Crippen molar-refractivity contribution in [2.24, 2.45) is 0 Å². The van der Waals surface area contributed by atoms with Gasteiger partial charge in [-0.25, -0.2) is 0 Å². The molecule has 0 aliphatic heterocycles. The van der Waals surface area contributed by atoms with E-state index in [1.165, 1.54) is 0 Å². The van der Waals surface area contributed by atoms with Gasteiger partial charge in [0.05, 0.1) is 0 Å². The van der Waals surface area contributed by atoms with Crippen molar-refractivity contribution in [3.63, 3.8) is 0 Å². The molecule has 0 aliphatic rings. The number of carbonyl (C=O) groups is 1. The Kier molecular flexibility index (Phi) is 4.79. The Balaban J connectivity index is 2.69. The summed E-state index contributed by atoms with van der Waals surface area (Å²) in [5, 5.41) is 12.0. The van der Waals surface area contributed by atoms with Gasteiger partial charge < -0.3 is 0 Å². The fourth-order valence-electron chi connectivity index (χ4n) is 1.73. The summed E-state index contributed by atoms with van der Waals surface area (Å²) in [6.07, 6.45) is 0. The van der Waals surface area contributed by atoms with Gasteiger partial charge in [-0.1, -0.05) is 0 Å². The van der Waals surface area contributed by atoms with Crippen LogP contribution in [0.2, 0.25) is 4.71 Å². The molecule has 0 atom stereocenters. The van der Waals surface area contributed by atoms with Gasteiger partial charge in [0.2, 0.25) is 0 Å². The van der Waals surface area contributed by atoms with Gasteiger partial charge in [-0.05, 0) is 0 Å². The number of rotatable bonds is 3. The van der Waals surface area contributed by atoms with Crippen molar-refractivity contribution < 1.29 is 4.79 Å². The van der Waals surface area contributed by atoms with Crippen molar-refractivity contribution in [3.05, 3.63) is 27.5 Å². The van der Waals surface area contributed by atoms with Crippen molar-refractivity contribution in [1.82, 2.24) is 15.5 Å². The predicted molar refractivity (Wildman–Crippen MR) is 86.1 cm³/mol. The van der Waals surface area contributed by atoms with Gasteiger partial charge in [0, 0.05) is 0 Å². The standard InChI is InChI=1S/C13H14AsIN3O/c1-7(2)14-11-9-5-4-8(15)6-10(9)17-18-12(11)13(19)16-3/h4-7H,1-3H3,(H,16,19). The Labute approximate surface area is 132 Å². The molecule has 99 valence electrons. The molecule has 1 radical (unpaired) electrons. The third-order valence-corrected chi connectivity index (χ3v) is 5.77. The zero-order chi connectivity index (χ0) is 14.0. The second-order valence-electron chi connectivity index (χ2n) is 4.36. The zero-order valence-corrected chi connectivity index (χ0v) is 15.0. The van der Waals surface area contributed by atoms with Gasteiger partial charge in [-0.15, -0.1) is 0 Å². The first-order valence-electron chi connectivity index (χ1n) is 5.91. The minimum absolute atomic E-state index is 0.112. The van der Waals surface area contributed by atoms with Crippen molar-refractivity contribution in [2.75, 3.05) is 7.05 Å². The normalized spacial score (nSPS) is 11.6. The van der Waals surface area contributed by atoms with Gasteiger partial charge in [0.1, 0.15) is 0 Å². The Morgan fingerprint density at radius 1 is 1.37 bits per heavy atom. The molecule has 4 nitrogen and oxygen atoms in total. The van der Waals surface area contributed by atoms with E-state index in [0.29, 0.717) is 10.4 Å². The SMILES string of the molecule is CNC(=O)c1nnc2cc(I)ccc2c1[As]C(C)C. The average molecular weight is 430 g/mol. The van der Waals surface area contributed by atoms with Gasteiger partial charge >= 0.3 is 133 Å². The van der Waals surface area contributed by atoms with E-state index in [2.05, 4.69) is 52.0 Å². The van der Waals surface area contributed by atoms with Crippen LogP contribution in [0.5, 0.6) is 0 Å². The topological polar surface area (TPSA) is 54.9 Å². The second-order valence-corrected chi connectivity index (χ2v) is 9.25. The van der Waals surface area contributed by atoms with Crippen LogP contribution in [-0.2, 0) is 0 Å². The number of nitrogens with zero attached hydrogens (tertiary/aromatic N) is 2. The molecular weight excluding hydrogens is 416 g/mol. The number of hydrogen-bond donors (Lipinski definition) is 1. The first-order chi connectivity index (χ1) is 9.02. The molecule has 0 bridgehead atoms. The van der Waals surface area contributed by atoms with E-state index in [0.717, 1.165) is 18.8 Å². The molecule has 19 heavy (non-hydrogen) atoms. The Morgan fingerprint density at radius 3 is 2.74 bits per heavy atom. The third-order valence-electron chi connectivity index (χ3n) is 2.53. The molecule has 2 aromatic rings. The molecule has 1 heterocycles. The van der Waals surface area contributed by atoms with Gasteiger partial charge in [0.15, 0.2) is 0 Å². The van der Waals surface area contributed by atoms with E-state index < -0.39 is 0 Å². The predicted octanol–water partition coefficient (Wildman–Crippen LogP) is 1.75. The van der Waals surface area contributed by atoms with E-state index in [9.17, 15) is 4.79 Å². The van der Waals surface area contributed by atoms with Crippen molar-refractivity contribution in [3.8, 4) is 0 Å². The molecule has 1 aromatic carbocycles. The first-order valence-corrected chi connectivity index (χ1v) is 9.02. The Hall–Kier alpha value is -0.682. The van der Waals surface area contributed by atoms with E-state index in [1.54, 1.807) is 7.05 Å². The summed E-state index contributed by atoms with van der Waals surface area (Å²) in [6, 6.07) is 6.09. The summed E-state index contributed by atoms with van der Waals surface area (Å²) in [5.74, 6) is -0.154. The molecule has 1 amide bonds. The van der Waals surface area contributed by atoms with Crippen LogP contribution < -0.4 is 9.67 Å². The number of halogens is 1. The van der Waals surface area contributed by atoms with Crippen LogP contribution in [0.15, 0.2) is 18.2 Å². The monoisotopic (exact) mass is 430 g/mol. The molecule has 0 fully saturated rings. The van der Waals surface area contributed by atoms with E-state index in [1.807, 2.05) is 18.2 Å². The Bertz CT molecular complexity index is 631. The van der Waals surface area contributed by atoms with Crippen molar-refractivity contribution in [2.45, 2.75) is 18.6 Å². The average Bonchev–Trinajstić information content (AvgIpc) is 2.37. The van der Waals surface area contributed by atoms with Gasteiger partial charge in [-0.2, -0.15) is 0 Å². The summed E-state index contributed by atoms with van der Waals surface area (Å²) in [7, 11) is 1.62. The number of benzene rings is 1. The van der Waals surface area contributed by atoms with E-state index in [-0.39, 0.29) is 21.7 Å². The summed E-state index contributed by atoms with van der Waals surface area (Å²) in [4.78, 5) is 11.9. The number of carbonyl (C=O) groups excluding carboxylic acids is 1. The van der Waals surface area contributed by atoms with Crippen LogP contribution in [0.25, 0.3) is 10.9 Å². The van der Waals surface area contributed by atoms with E-state index in [4.69, 9.17) is 0 Å². The molecule has 1 N–H and O–H groups in total. The molecule has 0 saturated carbocycles. The summed E-state index contributed by atoms with van der Waals surface area (Å²) in [5.41, 5.74) is 1.34. The summed E-state index contributed by atoms with van der Waals surface area (Å²) < 4.78 is 2.75. The molecule has 0 saturated heterocycles. The molecule has 2 rings (SSSR count). The number of hydrogen-bond acceptors (Lipinski definition) is 3. The van der Waals surface area contributed by atoms with Crippen molar-refractivity contribution in [1.29, 1.82) is 0 Å². The van der Waals surface area contributed by atoms with Crippen LogP contribution in [0.1, 0.15) is 24.3 Å². The maximum atomic E-state index is 11.9. The first kappa shape index (κ1) is 14.7. The van der Waals surface area contributed by atoms with Crippen LogP contribution in [0.3, 0.4) is 0 Å². The third kappa shape index (κ3) is 3.26. The fourth-order valence-corrected chi connectivity index (χ4v) is 4.54. The van der Waals surface area contributed by atoms with Crippen LogP contribution >= 0.6 is 22.6 Å². The summed E-state index contributed by atoms with van der Waals surface area (Å²) >= 11 is 2.14. The van der Waals surface area contributed by atoms with Gasteiger partial charge in [0.25, 0.3) is 0 Å². The molecule has 0 unspecified atom stereocenters. The molecular formula is C13H14AsIN3O. The molecule has 0 aliphatic carbocycles. The van der Waals surface area contributed by atoms with Crippen LogP contribution in [0, 0.1) is 3.57 Å². The zero-order valence-electron chi connectivity index (χ0n) is 10.9. The van der Waals surface area contributed by atoms with Crippen molar-refractivity contribution >= 4 is 59.5 Å². The quantitative estimate of drug-likeness (QED) is 0.597. The summed E-state index contributed by atoms with van der Waals surface area (Å²) in [6.45, 7) is 4.35. The second kappa shape index (κ2) is 6.18.